The summed E-state index contributed by atoms with van der Waals surface area (Å²) >= 11 is 0. The maximum Gasteiger partial charge on any atom is 0.155 e. The maximum absolute atomic E-state index is 11.8. The lowest BCUT2D eigenvalue weighted by molar-refractivity contribution is -0.322. The molecule has 1 aliphatic rings. The summed E-state index contributed by atoms with van der Waals surface area (Å²) in [6, 6.07) is 12.9. The van der Waals surface area contributed by atoms with Crippen molar-refractivity contribution in [3.05, 3.63) is 59.2 Å². The van der Waals surface area contributed by atoms with E-state index in [2.05, 4.69) is 25.7 Å². The topological polar surface area (TPSA) is 63.6 Å². The second kappa shape index (κ2) is 7.16. The number of rotatable bonds is 5. The summed E-state index contributed by atoms with van der Waals surface area (Å²) in [4.78, 5) is 14.1. The van der Waals surface area contributed by atoms with Crippen LogP contribution in [-0.4, -0.2) is 29.1 Å². The first-order valence-corrected chi connectivity index (χ1v) is 8.37. The van der Waals surface area contributed by atoms with E-state index in [1.54, 1.807) is 12.1 Å². The smallest absolute Gasteiger partial charge is 0.155 e. The van der Waals surface area contributed by atoms with Gasteiger partial charge in [0.1, 0.15) is 0 Å². The van der Waals surface area contributed by atoms with Crippen LogP contribution in [0.25, 0.3) is 11.1 Å². The number of hydrogen-bond acceptors (Lipinski definition) is 4. The van der Waals surface area contributed by atoms with Crippen LogP contribution in [0.4, 0.5) is 0 Å². The van der Waals surface area contributed by atoms with Gasteiger partial charge in [-0.1, -0.05) is 50.2 Å². The molecular weight excluding hydrogens is 338 g/mol. The number of nitrogens with zero attached hydrogens (tertiary/aromatic N) is 1. The Morgan fingerprint density at radius 1 is 1.12 bits per heavy atom. The van der Waals surface area contributed by atoms with Crippen LogP contribution in [0.15, 0.2) is 42.5 Å². The number of hydrogen-bond donors (Lipinski definition) is 1. The van der Waals surface area contributed by atoms with Crippen molar-refractivity contribution >= 4 is 18.4 Å². The predicted octanol–water partition coefficient (Wildman–Crippen LogP) is 2.48. The zero-order valence-corrected chi connectivity index (χ0v) is 15.5. The van der Waals surface area contributed by atoms with Crippen LogP contribution < -0.4 is 5.11 Å². The first-order valence-electron chi connectivity index (χ1n) is 8.37. The predicted molar refractivity (Wildman–Crippen MR) is 98.5 cm³/mol. The number of carbonyl (C=O) groups is 1. The Hall–Kier alpha value is -1.88. The molecule has 3 rings (SSSR count). The van der Waals surface area contributed by atoms with Gasteiger partial charge in [0.15, 0.2) is 5.60 Å². The Bertz CT molecular complexity index is 788. The van der Waals surface area contributed by atoms with Crippen molar-refractivity contribution in [1.29, 1.82) is 0 Å². The minimum absolute atomic E-state index is 0. The standard InChI is InChI=1S/C20H23NO3.ClH/c1-4-21(5-2)13(3)14-10-11-16-15-8-6-7-9-17(15)20(24,19(22)23)18(16)12-14;/h6-13,24H,4-5H2,1-3H3,(H,22,23);1H/p-1. The van der Waals surface area contributed by atoms with E-state index in [1.807, 2.05) is 30.3 Å². The number of fused-ring (bicyclic) bond motifs is 3. The van der Waals surface area contributed by atoms with Gasteiger partial charge >= 0.3 is 0 Å². The Morgan fingerprint density at radius 2 is 1.72 bits per heavy atom. The number of halogens is 1. The van der Waals surface area contributed by atoms with Gasteiger partial charge in [0.2, 0.25) is 0 Å². The molecule has 1 aliphatic carbocycles. The van der Waals surface area contributed by atoms with Gasteiger partial charge in [-0.05, 0) is 42.8 Å². The zero-order valence-electron chi connectivity index (χ0n) is 14.7. The average Bonchev–Trinajstić information content (AvgIpc) is 2.86. The van der Waals surface area contributed by atoms with Gasteiger partial charge in [-0.3, -0.25) is 4.90 Å². The number of carbonyl (C=O) groups excluding carboxylic acids is 1. The van der Waals surface area contributed by atoms with Crippen LogP contribution in [0, 0.1) is 0 Å². The molecule has 0 saturated heterocycles. The largest absolute Gasteiger partial charge is 0.546 e. The van der Waals surface area contributed by atoms with Crippen molar-refractivity contribution in [3.63, 3.8) is 0 Å². The summed E-state index contributed by atoms with van der Waals surface area (Å²) in [6.07, 6.45) is 0. The minimum Gasteiger partial charge on any atom is -0.546 e. The molecule has 0 amide bonds. The highest BCUT2D eigenvalue weighted by Crippen LogP contribution is 2.48. The van der Waals surface area contributed by atoms with Crippen molar-refractivity contribution in [3.8, 4) is 11.1 Å². The van der Waals surface area contributed by atoms with Crippen LogP contribution in [-0.2, 0) is 10.4 Å². The Labute approximate surface area is 154 Å². The zero-order chi connectivity index (χ0) is 17.5. The van der Waals surface area contributed by atoms with E-state index >= 15 is 0 Å². The molecule has 0 bridgehead atoms. The van der Waals surface area contributed by atoms with Gasteiger partial charge in [-0.2, -0.15) is 0 Å². The molecule has 2 aromatic rings. The summed E-state index contributed by atoms with van der Waals surface area (Å²) in [7, 11) is 0. The fraction of sp³-hybridized carbons (Fsp3) is 0.350. The second-order valence-electron chi connectivity index (χ2n) is 6.25. The Morgan fingerprint density at radius 3 is 2.32 bits per heavy atom. The first-order chi connectivity index (χ1) is 11.4. The molecular formula is C20H23ClNO3-. The van der Waals surface area contributed by atoms with E-state index in [-0.39, 0.29) is 18.4 Å². The van der Waals surface area contributed by atoms with Crippen LogP contribution in [0.3, 0.4) is 0 Å². The fourth-order valence-electron chi connectivity index (χ4n) is 3.74. The van der Waals surface area contributed by atoms with Crippen molar-refractivity contribution in [1.82, 2.24) is 4.90 Å². The number of benzene rings is 2. The van der Waals surface area contributed by atoms with Gasteiger partial charge in [0.05, 0.1) is 5.97 Å². The molecule has 1 N–H and O–H groups in total. The average molecular weight is 361 g/mol. The lowest BCUT2D eigenvalue weighted by atomic mass is 9.90. The highest BCUT2D eigenvalue weighted by molar-refractivity contribution is 5.94. The normalized spacial score (nSPS) is 19.1. The fourth-order valence-corrected chi connectivity index (χ4v) is 3.74. The van der Waals surface area contributed by atoms with E-state index in [0.29, 0.717) is 11.1 Å². The number of aliphatic carboxylic acids is 1. The van der Waals surface area contributed by atoms with Crippen molar-refractivity contribution in [2.24, 2.45) is 0 Å². The molecule has 2 atom stereocenters. The lowest BCUT2D eigenvalue weighted by Crippen LogP contribution is -2.45. The third-order valence-electron chi connectivity index (χ3n) is 5.18. The minimum atomic E-state index is -2.09. The summed E-state index contributed by atoms with van der Waals surface area (Å²) in [5.41, 5.74) is 1.19. The molecule has 0 heterocycles. The quantitative estimate of drug-likeness (QED) is 0.889. The summed E-state index contributed by atoms with van der Waals surface area (Å²) in [6.45, 7) is 8.09. The molecule has 2 unspecified atom stereocenters. The van der Waals surface area contributed by atoms with E-state index < -0.39 is 11.6 Å². The molecule has 0 aliphatic heterocycles. The van der Waals surface area contributed by atoms with Crippen LogP contribution in [0.5, 0.6) is 0 Å². The van der Waals surface area contributed by atoms with Gasteiger partial charge in [0.25, 0.3) is 0 Å². The van der Waals surface area contributed by atoms with Crippen LogP contribution >= 0.6 is 12.4 Å². The molecule has 4 nitrogen and oxygen atoms in total. The van der Waals surface area contributed by atoms with Gasteiger partial charge in [-0.15, -0.1) is 12.4 Å². The molecule has 0 saturated carbocycles. The third kappa shape index (κ3) is 2.84. The van der Waals surface area contributed by atoms with Crippen molar-refractivity contribution in [2.75, 3.05) is 13.1 Å². The molecule has 5 heteroatoms. The molecule has 0 fully saturated rings. The van der Waals surface area contributed by atoms with E-state index in [0.717, 1.165) is 29.8 Å². The SMILES string of the molecule is CCN(CC)C(C)c1ccc2c(c1)C(O)(C(=O)[O-])c1ccccc1-2.Cl. The molecule has 25 heavy (non-hydrogen) atoms. The first kappa shape index (κ1) is 19.4. The monoisotopic (exact) mass is 360 g/mol. The molecule has 0 aromatic heterocycles. The number of aliphatic hydroxyl groups is 1. The molecule has 0 radical (unpaired) electrons. The summed E-state index contributed by atoms with van der Waals surface area (Å²) < 4.78 is 0. The molecule has 2 aromatic carbocycles. The Balaban J connectivity index is 0.00000225. The van der Waals surface area contributed by atoms with Crippen molar-refractivity contribution < 1.29 is 15.0 Å². The second-order valence-corrected chi connectivity index (χ2v) is 6.25. The van der Waals surface area contributed by atoms with Gasteiger partial charge in [-0.25, -0.2) is 0 Å². The number of carboxylic acid groups (broad SMARTS) is 1. The Kier molecular flexibility index (Phi) is 5.57. The summed E-state index contributed by atoms with van der Waals surface area (Å²) in [5.74, 6) is -1.48. The molecule has 134 valence electrons. The van der Waals surface area contributed by atoms with Crippen LogP contribution in [0.2, 0.25) is 0 Å². The lowest BCUT2D eigenvalue weighted by Gasteiger charge is -2.30. The van der Waals surface area contributed by atoms with Crippen molar-refractivity contribution in [2.45, 2.75) is 32.4 Å². The van der Waals surface area contributed by atoms with E-state index in [1.165, 1.54) is 0 Å². The maximum atomic E-state index is 11.8. The summed E-state index contributed by atoms with van der Waals surface area (Å²) in [5, 5.41) is 22.8. The van der Waals surface area contributed by atoms with E-state index in [9.17, 15) is 15.0 Å². The van der Waals surface area contributed by atoms with E-state index in [4.69, 9.17) is 0 Å². The van der Waals surface area contributed by atoms with Gasteiger partial charge < -0.3 is 15.0 Å². The number of carboxylic acids is 1. The van der Waals surface area contributed by atoms with Crippen LogP contribution in [0.1, 0.15) is 43.5 Å². The highest BCUT2D eigenvalue weighted by atomic mass is 35.5. The highest BCUT2D eigenvalue weighted by Gasteiger charge is 2.43. The molecule has 0 spiro atoms. The third-order valence-corrected chi connectivity index (χ3v) is 5.18. The van der Waals surface area contributed by atoms with Gasteiger partial charge in [0, 0.05) is 17.2 Å².